The summed E-state index contributed by atoms with van der Waals surface area (Å²) in [5, 5.41) is -0.198. The van der Waals surface area contributed by atoms with Crippen LogP contribution in [0.4, 0.5) is 0 Å². The van der Waals surface area contributed by atoms with Crippen molar-refractivity contribution in [1.82, 2.24) is 0 Å². The van der Waals surface area contributed by atoms with Crippen molar-refractivity contribution < 1.29 is 29.1 Å². The van der Waals surface area contributed by atoms with E-state index in [0.717, 1.165) is 0 Å². The molecule has 0 aliphatic rings. The highest BCUT2D eigenvalue weighted by atomic mass is 16.3. The summed E-state index contributed by atoms with van der Waals surface area (Å²) in [6.07, 6.45) is 0. The van der Waals surface area contributed by atoms with Gasteiger partial charge in [-0.05, 0) is 67.1 Å². The summed E-state index contributed by atoms with van der Waals surface area (Å²) in [6.45, 7) is 0. The topological polar surface area (TPSA) is 13.1 Å². The third kappa shape index (κ3) is 4.64. The van der Waals surface area contributed by atoms with Crippen molar-refractivity contribution in [2.24, 2.45) is 0 Å². The fourth-order valence-electron chi connectivity index (χ4n) is 6.05. The predicted octanol–water partition coefficient (Wildman–Crippen LogP) is 13.1. The molecule has 0 N–H and O–H groups in total. The molecule has 0 amide bonds. The Bertz CT molecular complexity index is 3420. The van der Waals surface area contributed by atoms with Gasteiger partial charge >= 0.3 is 0 Å². The minimum atomic E-state index is -0.639. The lowest BCUT2D eigenvalue weighted by molar-refractivity contribution is 0.632. The van der Waals surface area contributed by atoms with E-state index in [2.05, 4.69) is 0 Å². The second-order valence-electron chi connectivity index (χ2n) is 10.7. The first-order valence-corrected chi connectivity index (χ1v) is 14.6. The van der Waals surface area contributed by atoms with E-state index in [-0.39, 0.29) is 82.8 Å². The first-order chi connectivity index (χ1) is 30.8. The number of benzene rings is 8. The molecular weight excluding hydrogens is 569 g/mol. The molecule has 0 saturated carbocycles. The van der Waals surface area contributed by atoms with E-state index < -0.39 is 109 Å². The highest BCUT2D eigenvalue weighted by Gasteiger charge is 2.24. The van der Waals surface area contributed by atoms with Gasteiger partial charge in [-0.15, -0.1) is 0 Å². The maximum absolute atomic E-state index is 9.52. The van der Waals surface area contributed by atoms with Crippen molar-refractivity contribution in [2.45, 2.75) is 0 Å². The molecule has 0 atom stereocenters. The van der Waals surface area contributed by atoms with Crippen LogP contribution in [-0.2, 0) is 0 Å². The van der Waals surface area contributed by atoms with Crippen molar-refractivity contribution in [3.05, 3.63) is 182 Å². The molecule has 9 rings (SSSR count). The van der Waals surface area contributed by atoms with Crippen LogP contribution in [0.25, 0.3) is 88.3 Å². The van der Waals surface area contributed by atoms with Crippen molar-refractivity contribution in [2.75, 3.05) is 0 Å². The molecule has 220 valence electrons. The molecule has 0 aliphatic heterocycles. The summed E-state index contributed by atoms with van der Waals surface area (Å²) in [7, 11) is 0. The summed E-state index contributed by atoms with van der Waals surface area (Å²) in [6, 6.07) is 9.15. The Morgan fingerprint density at radius 1 is 0.340 bits per heavy atom. The van der Waals surface area contributed by atoms with Crippen LogP contribution in [0.5, 0.6) is 0 Å². The van der Waals surface area contributed by atoms with E-state index >= 15 is 0 Å². The minimum absolute atomic E-state index is 0.0145. The Hall–Kier alpha value is -6.18. The SMILES string of the molecule is [2H]c1c([2H])c([2H])c(-c2ccc(-c3oc4ccc(-c5c([2H])c([2H])c([2H])c([2H])c5[2H])cc4c3-c3c4c([2H])c([2H])c([2H])c([2H])c4c(-c4ccccc4)c4c([2H])c([2H])c([2H])c([2H])c34)cc2)c([2H])c1[2H]. The van der Waals surface area contributed by atoms with Crippen LogP contribution in [0.15, 0.2) is 186 Å². The third-order valence-electron chi connectivity index (χ3n) is 8.10. The zero-order valence-corrected chi connectivity index (χ0v) is 24.3. The molecule has 0 aliphatic carbocycles. The molecule has 0 bridgehead atoms. The Kier molecular flexibility index (Phi) is 3.49. The zero-order chi connectivity index (χ0) is 46.8. The van der Waals surface area contributed by atoms with E-state index in [1.165, 1.54) is 30.3 Å². The number of hydrogen-bond donors (Lipinski definition) is 0. The third-order valence-corrected chi connectivity index (χ3v) is 8.10. The van der Waals surface area contributed by atoms with Crippen LogP contribution < -0.4 is 0 Å². The Morgan fingerprint density at radius 3 is 1.43 bits per heavy atom. The fraction of sp³-hybridized carbons (Fsp3) is 0. The summed E-state index contributed by atoms with van der Waals surface area (Å²) in [5.41, 5.74) is 1.08. The van der Waals surface area contributed by atoms with Crippen LogP contribution in [0.3, 0.4) is 0 Å². The minimum Gasteiger partial charge on any atom is -0.455 e. The average molecular weight is 617 g/mol. The predicted molar refractivity (Wildman–Crippen MR) is 198 cm³/mol. The van der Waals surface area contributed by atoms with Crippen LogP contribution in [0.1, 0.15) is 24.7 Å². The summed E-state index contributed by atoms with van der Waals surface area (Å²) in [5.74, 6) is 0.0145. The molecule has 0 spiro atoms. The maximum atomic E-state index is 9.52. The van der Waals surface area contributed by atoms with Crippen LogP contribution in [0.2, 0.25) is 0 Å². The van der Waals surface area contributed by atoms with Gasteiger partial charge in [0, 0.05) is 22.1 Å². The lowest BCUT2D eigenvalue weighted by Crippen LogP contribution is -1.91. The van der Waals surface area contributed by atoms with E-state index in [1.54, 1.807) is 42.5 Å². The van der Waals surface area contributed by atoms with Gasteiger partial charge in [0.25, 0.3) is 0 Å². The molecule has 0 fully saturated rings. The highest BCUT2D eigenvalue weighted by molar-refractivity contribution is 6.25. The van der Waals surface area contributed by atoms with E-state index in [0.29, 0.717) is 5.56 Å². The van der Waals surface area contributed by atoms with Crippen LogP contribution in [-0.4, -0.2) is 0 Å². The van der Waals surface area contributed by atoms with Crippen LogP contribution >= 0.6 is 0 Å². The summed E-state index contributed by atoms with van der Waals surface area (Å²) >= 11 is 0. The second kappa shape index (κ2) is 11.3. The molecule has 0 radical (unpaired) electrons. The first kappa shape index (κ1) is 14.5. The second-order valence-corrected chi connectivity index (χ2v) is 10.7. The fourth-order valence-corrected chi connectivity index (χ4v) is 6.05. The quantitative estimate of drug-likeness (QED) is 0.175. The van der Waals surface area contributed by atoms with Gasteiger partial charge in [-0.2, -0.15) is 0 Å². The Balaban J connectivity index is 1.51. The van der Waals surface area contributed by atoms with Crippen LogP contribution in [0, 0.1) is 0 Å². The van der Waals surface area contributed by atoms with Crippen molar-refractivity contribution in [1.29, 1.82) is 0 Å². The van der Waals surface area contributed by atoms with Gasteiger partial charge in [0.05, 0.1) is 24.7 Å². The van der Waals surface area contributed by atoms with Crippen molar-refractivity contribution in [3.63, 3.8) is 0 Å². The summed E-state index contributed by atoms with van der Waals surface area (Å²) in [4.78, 5) is 0. The van der Waals surface area contributed by atoms with Gasteiger partial charge < -0.3 is 4.42 Å². The molecule has 0 unspecified atom stereocenters. The summed E-state index contributed by atoms with van der Waals surface area (Å²) < 4.78 is 164. The van der Waals surface area contributed by atoms with E-state index in [1.807, 2.05) is 0 Å². The molecule has 1 nitrogen and oxygen atoms in total. The Morgan fingerprint density at radius 2 is 0.830 bits per heavy atom. The van der Waals surface area contributed by atoms with Gasteiger partial charge in [-0.3, -0.25) is 0 Å². The van der Waals surface area contributed by atoms with E-state index in [9.17, 15) is 5.48 Å². The monoisotopic (exact) mass is 616 g/mol. The van der Waals surface area contributed by atoms with Gasteiger partial charge in [0.15, 0.2) is 0 Å². The molecule has 9 aromatic rings. The molecule has 1 aromatic heterocycles. The number of furan rings is 1. The molecule has 8 aromatic carbocycles. The molecule has 1 heterocycles. The molecule has 0 saturated heterocycles. The highest BCUT2D eigenvalue weighted by Crippen LogP contribution is 2.50. The largest absolute Gasteiger partial charge is 0.455 e. The van der Waals surface area contributed by atoms with E-state index in [4.69, 9.17) is 23.6 Å². The average Bonchev–Trinajstić information content (AvgIpc) is 3.69. The number of hydrogen-bond acceptors (Lipinski definition) is 1. The molecule has 1 heteroatoms. The Labute approximate surface area is 299 Å². The zero-order valence-electron chi connectivity index (χ0n) is 42.3. The number of fused-ring (bicyclic) bond motifs is 3. The van der Waals surface area contributed by atoms with Crippen molar-refractivity contribution >= 4 is 32.5 Å². The standard InChI is InChI=1S/C46H30O/c1-4-14-31(15-5-1)33-24-26-35(27-25-33)46-45(41-30-36(28-29-42(41)47-46)32-16-6-2-7-17-32)44-39-22-12-10-20-37(39)43(34-18-8-3-9-19-34)38-21-11-13-23-40(38)44/h1-30H/i1D,2D,4D,5D,6D,7D,10D,11D,12D,13D,14D,15D,16D,17D,20D,21D,22D,23D. The normalized spacial score (nSPS) is 16.8. The molecular formula is C46H30O. The maximum Gasteiger partial charge on any atom is 0.143 e. The smallest absolute Gasteiger partial charge is 0.143 e. The van der Waals surface area contributed by atoms with Gasteiger partial charge in [0.2, 0.25) is 0 Å². The van der Waals surface area contributed by atoms with Gasteiger partial charge in [-0.25, -0.2) is 0 Å². The van der Waals surface area contributed by atoms with Gasteiger partial charge in [0.1, 0.15) is 11.3 Å². The molecule has 47 heavy (non-hydrogen) atoms. The first-order valence-electron chi connectivity index (χ1n) is 23.6. The van der Waals surface area contributed by atoms with Crippen molar-refractivity contribution in [3.8, 4) is 55.8 Å². The van der Waals surface area contributed by atoms with Gasteiger partial charge in [-0.1, -0.05) is 169 Å². The number of rotatable bonds is 5. The lowest BCUT2D eigenvalue weighted by atomic mass is 9.84. The lowest BCUT2D eigenvalue weighted by Gasteiger charge is -2.18.